The molecule has 1 aliphatic heterocycles. The smallest absolute Gasteiger partial charge is 0.221 e. The van der Waals surface area contributed by atoms with Gasteiger partial charge in [0.05, 0.1) is 38.0 Å². The number of thioether (sulfide) groups is 1. The van der Waals surface area contributed by atoms with E-state index in [9.17, 15) is 15.0 Å². The number of amidine groups is 1. The highest BCUT2D eigenvalue weighted by Crippen LogP contribution is 2.45. The normalized spacial score (nSPS) is 28.4. The summed E-state index contributed by atoms with van der Waals surface area (Å²) >= 11 is 1.42. The van der Waals surface area contributed by atoms with E-state index in [1.165, 1.54) is 11.8 Å². The van der Waals surface area contributed by atoms with E-state index in [2.05, 4.69) is 0 Å². The van der Waals surface area contributed by atoms with Crippen molar-refractivity contribution in [2.45, 2.75) is 36.5 Å². The largest absolute Gasteiger partial charge is 0.497 e. The molecule has 8 nitrogen and oxygen atoms in total. The van der Waals surface area contributed by atoms with Gasteiger partial charge in [-0.05, 0) is 48.4 Å². The van der Waals surface area contributed by atoms with Crippen LogP contribution < -0.4 is 15.2 Å². The summed E-state index contributed by atoms with van der Waals surface area (Å²) < 4.78 is 10.5. The van der Waals surface area contributed by atoms with Crippen LogP contribution in [0.3, 0.4) is 0 Å². The Hall–Kier alpha value is -2.75. The predicted molar refractivity (Wildman–Crippen MR) is 123 cm³/mol. The van der Waals surface area contributed by atoms with Crippen LogP contribution in [0.1, 0.15) is 12.0 Å². The Morgan fingerprint density at radius 2 is 1.69 bits per heavy atom. The molecular weight excluding hydrogens is 430 g/mol. The van der Waals surface area contributed by atoms with Gasteiger partial charge in [0, 0.05) is 11.8 Å². The molecule has 170 valence electrons. The van der Waals surface area contributed by atoms with Crippen molar-refractivity contribution in [1.29, 1.82) is 0 Å². The van der Waals surface area contributed by atoms with Crippen molar-refractivity contribution < 1.29 is 24.5 Å². The Labute approximate surface area is 191 Å². The summed E-state index contributed by atoms with van der Waals surface area (Å²) in [6.07, 6.45) is -1.92. The molecule has 4 N–H and O–H groups in total. The number of methoxy groups -OCH3 is 2. The SMILES string of the molecule is COc1ccc(CN2C(=Nc3ccc(OC)cc3)S[C@H]3[C@H]2[C@@H](O)[C@H](O)C[C@@H]3C(N)=O)cc1. The van der Waals surface area contributed by atoms with Gasteiger partial charge in [0.1, 0.15) is 17.6 Å². The second-order valence-electron chi connectivity index (χ2n) is 7.94. The zero-order valence-electron chi connectivity index (χ0n) is 17.9. The van der Waals surface area contributed by atoms with Crippen LogP contribution in [0.2, 0.25) is 0 Å². The number of benzene rings is 2. The molecule has 0 aromatic heterocycles. The van der Waals surface area contributed by atoms with Crippen molar-refractivity contribution in [3.05, 3.63) is 54.1 Å². The van der Waals surface area contributed by atoms with E-state index in [-0.39, 0.29) is 11.7 Å². The summed E-state index contributed by atoms with van der Waals surface area (Å²) in [5.74, 6) is 0.430. The minimum atomic E-state index is -1.03. The number of nitrogens with two attached hydrogens (primary N) is 1. The summed E-state index contributed by atoms with van der Waals surface area (Å²) in [7, 11) is 3.21. The highest BCUT2D eigenvalue weighted by atomic mass is 32.2. The highest BCUT2D eigenvalue weighted by molar-refractivity contribution is 8.14. The number of aliphatic hydroxyl groups is 2. The Kier molecular flexibility index (Phi) is 6.59. The van der Waals surface area contributed by atoms with Crippen LogP contribution in [0.4, 0.5) is 5.69 Å². The van der Waals surface area contributed by atoms with Gasteiger partial charge in [-0.3, -0.25) is 4.79 Å². The molecule has 1 saturated carbocycles. The lowest BCUT2D eigenvalue weighted by Gasteiger charge is -2.41. The third-order valence-corrected chi connectivity index (χ3v) is 7.41. The van der Waals surface area contributed by atoms with Crippen molar-refractivity contribution >= 4 is 28.5 Å². The monoisotopic (exact) mass is 457 g/mol. The number of amides is 1. The third-order valence-electron chi connectivity index (χ3n) is 5.99. The van der Waals surface area contributed by atoms with Crippen LogP contribution in [0.15, 0.2) is 53.5 Å². The average molecular weight is 458 g/mol. The Balaban J connectivity index is 1.71. The van der Waals surface area contributed by atoms with E-state index in [1.54, 1.807) is 14.2 Å². The van der Waals surface area contributed by atoms with Gasteiger partial charge in [0.25, 0.3) is 0 Å². The fourth-order valence-electron chi connectivity index (χ4n) is 4.26. The lowest BCUT2D eigenvalue weighted by atomic mass is 9.80. The zero-order valence-corrected chi connectivity index (χ0v) is 18.7. The standard InChI is InChI=1S/C23H27N3O5S/c1-30-15-7-3-13(4-8-15)12-26-19-20(28)18(27)11-17(22(24)29)21(19)32-23(26)25-14-5-9-16(31-2)10-6-14/h3-10,17-21,27-28H,11-12H2,1-2H3,(H2,24,29)/t17-,18+,19+,20-,21+/m0/s1. The lowest BCUT2D eigenvalue weighted by Crippen LogP contribution is -2.58. The van der Waals surface area contributed by atoms with E-state index in [0.717, 1.165) is 22.7 Å². The minimum Gasteiger partial charge on any atom is -0.497 e. The van der Waals surface area contributed by atoms with Gasteiger partial charge in [-0.25, -0.2) is 4.99 Å². The fourth-order valence-corrected chi connectivity index (χ4v) is 5.84. The van der Waals surface area contributed by atoms with E-state index in [0.29, 0.717) is 11.7 Å². The molecule has 4 rings (SSSR count). The Morgan fingerprint density at radius 1 is 1.09 bits per heavy atom. The number of carbonyl (C=O) groups is 1. The number of aliphatic hydroxyl groups excluding tert-OH is 2. The summed E-state index contributed by atoms with van der Waals surface area (Å²) in [5.41, 5.74) is 7.36. The Bertz CT molecular complexity index is 982. The number of rotatable bonds is 6. The number of fused-ring (bicyclic) bond motifs is 1. The average Bonchev–Trinajstić information content (AvgIpc) is 3.15. The van der Waals surface area contributed by atoms with Gasteiger partial charge in [-0.15, -0.1) is 0 Å². The molecule has 0 bridgehead atoms. The van der Waals surface area contributed by atoms with Gasteiger partial charge in [0.2, 0.25) is 5.91 Å². The molecular formula is C23H27N3O5S. The van der Waals surface area contributed by atoms with Gasteiger partial charge >= 0.3 is 0 Å². The number of nitrogens with zero attached hydrogens (tertiary/aromatic N) is 2. The van der Waals surface area contributed by atoms with E-state index in [1.807, 2.05) is 53.4 Å². The first-order valence-electron chi connectivity index (χ1n) is 10.4. The van der Waals surface area contributed by atoms with E-state index >= 15 is 0 Å². The molecule has 5 atom stereocenters. The number of hydrogen-bond donors (Lipinski definition) is 3. The number of hydrogen-bond acceptors (Lipinski definition) is 7. The van der Waals surface area contributed by atoms with Crippen LogP contribution in [-0.2, 0) is 11.3 Å². The molecule has 1 saturated heterocycles. The number of primary amides is 1. The van der Waals surface area contributed by atoms with Crippen LogP contribution in [0, 0.1) is 5.92 Å². The van der Waals surface area contributed by atoms with Crippen LogP contribution in [0.5, 0.6) is 11.5 Å². The zero-order chi connectivity index (χ0) is 22.8. The predicted octanol–water partition coefficient (Wildman–Crippen LogP) is 1.90. The molecule has 0 radical (unpaired) electrons. The number of carbonyl (C=O) groups excluding carboxylic acids is 1. The summed E-state index contributed by atoms with van der Waals surface area (Å²) in [6, 6.07) is 14.5. The quantitative estimate of drug-likeness (QED) is 0.606. The van der Waals surface area contributed by atoms with Crippen molar-refractivity contribution in [3.63, 3.8) is 0 Å². The second kappa shape index (κ2) is 9.40. The molecule has 0 unspecified atom stereocenters. The molecule has 0 spiro atoms. The number of ether oxygens (including phenoxy) is 2. The molecule has 1 amide bonds. The van der Waals surface area contributed by atoms with Crippen LogP contribution in [-0.4, -0.2) is 63.9 Å². The third kappa shape index (κ3) is 4.41. The number of aliphatic imine (C=N–C) groups is 1. The first kappa shape index (κ1) is 22.4. The van der Waals surface area contributed by atoms with Crippen LogP contribution in [0.25, 0.3) is 0 Å². The van der Waals surface area contributed by atoms with Gasteiger partial charge in [0.15, 0.2) is 5.17 Å². The lowest BCUT2D eigenvalue weighted by molar-refractivity contribution is -0.128. The van der Waals surface area contributed by atoms with E-state index < -0.39 is 30.1 Å². The second-order valence-corrected chi connectivity index (χ2v) is 9.09. The van der Waals surface area contributed by atoms with Crippen LogP contribution >= 0.6 is 11.8 Å². The Morgan fingerprint density at radius 3 is 2.25 bits per heavy atom. The van der Waals surface area contributed by atoms with Gasteiger partial charge in [-0.2, -0.15) is 0 Å². The molecule has 2 fully saturated rings. The molecule has 2 aromatic rings. The first-order chi connectivity index (χ1) is 15.4. The van der Waals surface area contributed by atoms with Crippen molar-refractivity contribution in [2.24, 2.45) is 16.6 Å². The van der Waals surface area contributed by atoms with Crippen molar-refractivity contribution in [3.8, 4) is 11.5 Å². The molecule has 2 aromatic carbocycles. The molecule has 1 aliphatic carbocycles. The fraction of sp³-hybridized carbons (Fsp3) is 0.391. The van der Waals surface area contributed by atoms with Crippen molar-refractivity contribution in [1.82, 2.24) is 4.90 Å². The summed E-state index contributed by atoms with van der Waals surface area (Å²) in [4.78, 5) is 18.9. The maximum atomic E-state index is 12.2. The highest BCUT2D eigenvalue weighted by Gasteiger charge is 2.54. The molecule has 2 aliphatic rings. The van der Waals surface area contributed by atoms with Gasteiger partial charge in [-0.1, -0.05) is 23.9 Å². The first-order valence-corrected chi connectivity index (χ1v) is 11.2. The summed E-state index contributed by atoms with van der Waals surface area (Å²) in [5, 5.41) is 21.7. The maximum absolute atomic E-state index is 12.2. The van der Waals surface area contributed by atoms with Gasteiger partial charge < -0.3 is 30.3 Å². The molecule has 32 heavy (non-hydrogen) atoms. The molecule has 1 heterocycles. The molecule has 9 heteroatoms. The minimum absolute atomic E-state index is 0.136. The topological polar surface area (TPSA) is 118 Å². The van der Waals surface area contributed by atoms with E-state index in [4.69, 9.17) is 20.2 Å². The maximum Gasteiger partial charge on any atom is 0.221 e. The summed E-state index contributed by atoms with van der Waals surface area (Å²) in [6.45, 7) is 0.447. The van der Waals surface area contributed by atoms with Crippen molar-refractivity contribution in [2.75, 3.05) is 14.2 Å².